The predicted octanol–water partition coefficient (Wildman–Crippen LogP) is 4.33. The lowest BCUT2D eigenvalue weighted by molar-refractivity contribution is 0.306. The van der Waals surface area contributed by atoms with Crippen LogP contribution in [0, 0.1) is 0 Å². The van der Waals surface area contributed by atoms with Crippen LogP contribution < -0.4 is 19.9 Å². The molecule has 1 atom stereocenters. The van der Waals surface area contributed by atoms with Crippen molar-refractivity contribution in [3.8, 4) is 17.2 Å². The molecule has 4 heteroatoms. The maximum absolute atomic E-state index is 6.44. The van der Waals surface area contributed by atoms with Crippen molar-refractivity contribution < 1.29 is 14.2 Å². The molecule has 0 radical (unpaired) electrons. The first kappa shape index (κ1) is 17.8. The van der Waals surface area contributed by atoms with Crippen LogP contribution in [0.1, 0.15) is 22.7 Å². The van der Waals surface area contributed by atoms with Crippen molar-refractivity contribution in [1.29, 1.82) is 0 Å². The summed E-state index contributed by atoms with van der Waals surface area (Å²) < 4.78 is 16.5. The molecule has 0 aromatic heterocycles. The number of hydrogen-bond acceptors (Lipinski definition) is 4. The van der Waals surface area contributed by atoms with Crippen molar-refractivity contribution in [1.82, 2.24) is 0 Å². The maximum Gasteiger partial charge on any atom is 0.127 e. The standard InChI is InChI=1S/C22H23NO3/c1-24-19-12-13-20(21(14-19)25-2)22(23)17-8-10-18(11-9-17)26-15-16-6-4-3-5-7-16/h3-14,22H,15,23H2,1-2H3. The highest BCUT2D eigenvalue weighted by Gasteiger charge is 2.15. The molecule has 0 heterocycles. The number of hydrogen-bond donors (Lipinski definition) is 1. The lowest BCUT2D eigenvalue weighted by atomic mass is 9.98. The molecule has 134 valence electrons. The Morgan fingerprint density at radius 2 is 1.50 bits per heavy atom. The van der Waals surface area contributed by atoms with Gasteiger partial charge in [0.1, 0.15) is 23.9 Å². The summed E-state index contributed by atoms with van der Waals surface area (Å²) in [6.45, 7) is 0.540. The molecular formula is C22H23NO3. The molecule has 2 N–H and O–H groups in total. The van der Waals surface area contributed by atoms with E-state index in [1.807, 2.05) is 72.8 Å². The van der Waals surface area contributed by atoms with E-state index in [2.05, 4.69) is 0 Å². The van der Waals surface area contributed by atoms with E-state index in [1.54, 1.807) is 14.2 Å². The first-order valence-electron chi connectivity index (χ1n) is 8.45. The van der Waals surface area contributed by atoms with Crippen molar-refractivity contribution >= 4 is 0 Å². The molecular weight excluding hydrogens is 326 g/mol. The van der Waals surface area contributed by atoms with E-state index in [9.17, 15) is 0 Å². The lowest BCUT2D eigenvalue weighted by Crippen LogP contribution is -2.13. The van der Waals surface area contributed by atoms with Crippen molar-refractivity contribution in [2.45, 2.75) is 12.6 Å². The Labute approximate surface area is 154 Å². The van der Waals surface area contributed by atoms with Gasteiger partial charge in [0.2, 0.25) is 0 Å². The van der Waals surface area contributed by atoms with Gasteiger partial charge in [-0.15, -0.1) is 0 Å². The van der Waals surface area contributed by atoms with Gasteiger partial charge >= 0.3 is 0 Å². The summed E-state index contributed by atoms with van der Waals surface area (Å²) in [5.41, 5.74) is 9.47. The molecule has 0 aliphatic rings. The Bertz CT molecular complexity index is 832. The molecule has 0 aliphatic heterocycles. The molecule has 0 bridgehead atoms. The Hall–Kier alpha value is -2.98. The minimum atomic E-state index is -0.293. The summed E-state index contributed by atoms with van der Waals surface area (Å²) in [6, 6.07) is 23.3. The van der Waals surface area contributed by atoms with Gasteiger partial charge in [-0.2, -0.15) is 0 Å². The topological polar surface area (TPSA) is 53.7 Å². The number of rotatable bonds is 7. The highest BCUT2D eigenvalue weighted by molar-refractivity contribution is 5.46. The van der Waals surface area contributed by atoms with Gasteiger partial charge in [0.05, 0.1) is 20.3 Å². The van der Waals surface area contributed by atoms with Gasteiger partial charge in [0.25, 0.3) is 0 Å². The Morgan fingerprint density at radius 3 is 2.15 bits per heavy atom. The van der Waals surface area contributed by atoms with Crippen LogP contribution in [0.15, 0.2) is 72.8 Å². The summed E-state index contributed by atoms with van der Waals surface area (Å²) in [6.07, 6.45) is 0. The van der Waals surface area contributed by atoms with E-state index in [1.165, 1.54) is 0 Å². The highest BCUT2D eigenvalue weighted by atomic mass is 16.5. The third-order valence-electron chi connectivity index (χ3n) is 4.26. The van der Waals surface area contributed by atoms with E-state index in [4.69, 9.17) is 19.9 Å². The van der Waals surface area contributed by atoms with E-state index in [0.29, 0.717) is 12.4 Å². The molecule has 0 saturated carbocycles. The lowest BCUT2D eigenvalue weighted by Gasteiger charge is -2.17. The Kier molecular flexibility index (Phi) is 5.77. The van der Waals surface area contributed by atoms with Crippen LogP contribution >= 0.6 is 0 Å². The Balaban J connectivity index is 1.71. The fourth-order valence-corrected chi connectivity index (χ4v) is 2.77. The third-order valence-corrected chi connectivity index (χ3v) is 4.26. The number of ether oxygens (including phenoxy) is 3. The quantitative estimate of drug-likeness (QED) is 0.690. The number of nitrogens with two attached hydrogens (primary N) is 1. The second-order valence-corrected chi connectivity index (χ2v) is 5.93. The zero-order valence-electron chi connectivity index (χ0n) is 15.0. The molecule has 3 aromatic rings. The minimum Gasteiger partial charge on any atom is -0.497 e. The second-order valence-electron chi connectivity index (χ2n) is 5.93. The number of methoxy groups -OCH3 is 2. The van der Waals surface area contributed by atoms with Crippen LogP contribution in [-0.2, 0) is 6.61 Å². The minimum absolute atomic E-state index is 0.293. The van der Waals surface area contributed by atoms with Gasteiger partial charge in [0.15, 0.2) is 0 Å². The van der Waals surface area contributed by atoms with Gasteiger partial charge in [0, 0.05) is 11.6 Å². The average molecular weight is 349 g/mol. The molecule has 0 aliphatic carbocycles. The molecule has 0 fully saturated rings. The fraction of sp³-hybridized carbons (Fsp3) is 0.182. The SMILES string of the molecule is COc1ccc(C(N)c2ccc(OCc3ccccc3)cc2)c(OC)c1. The van der Waals surface area contributed by atoms with Crippen molar-refractivity contribution in [3.63, 3.8) is 0 Å². The molecule has 4 nitrogen and oxygen atoms in total. The molecule has 1 unspecified atom stereocenters. The van der Waals surface area contributed by atoms with Crippen LogP contribution in [-0.4, -0.2) is 14.2 Å². The third kappa shape index (κ3) is 4.16. The van der Waals surface area contributed by atoms with Crippen LogP contribution in [0.3, 0.4) is 0 Å². The van der Waals surface area contributed by atoms with Crippen LogP contribution in [0.4, 0.5) is 0 Å². The first-order chi connectivity index (χ1) is 12.7. The Morgan fingerprint density at radius 1 is 0.808 bits per heavy atom. The van der Waals surface area contributed by atoms with Gasteiger partial charge < -0.3 is 19.9 Å². The van der Waals surface area contributed by atoms with Crippen molar-refractivity contribution in [2.24, 2.45) is 5.73 Å². The van der Waals surface area contributed by atoms with E-state index >= 15 is 0 Å². The summed E-state index contributed by atoms with van der Waals surface area (Å²) in [7, 11) is 3.26. The van der Waals surface area contributed by atoms with Crippen molar-refractivity contribution in [3.05, 3.63) is 89.5 Å². The zero-order valence-corrected chi connectivity index (χ0v) is 15.0. The average Bonchev–Trinajstić information content (AvgIpc) is 2.72. The van der Waals surface area contributed by atoms with E-state index in [-0.39, 0.29) is 6.04 Å². The van der Waals surface area contributed by atoms with Crippen LogP contribution in [0.25, 0.3) is 0 Å². The summed E-state index contributed by atoms with van der Waals surface area (Å²) in [4.78, 5) is 0. The molecule has 0 spiro atoms. The van der Waals surface area contributed by atoms with Crippen LogP contribution in [0.5, 0.6) is 17.2 Å². The van der Waals surface area contributed by atoms with Gasteiger partial charge in [-0.25, -0.2) is 0 Å². The van der Waals surface area contributed by atoms with Gasteiger partial charge in [-0.05, 0) is 35.4 Å². The normalized spacial score (nSPS) is 11.7. The summed E-state index contributed by atoms with van der Waals surface area (Å²) in [5, 5.41) is 0. The van der Waals surface area contributed by atoms with Gasteiger partial charge in [-0.3, -0.25) is 0 Å². The molecule has 0 amide bonds. The molecule has 26 heavy (non-hydrogen) atoms. The monoisotopic (exact) mass is 349 g/mol. The van der Waals surface area contributed by atoms with E-state index < -0.39 is 0 Å². The summed E-state index contributed by atoms with van der Waals surface area (Å²) >= 11 is 0. The summed E-state index contributed by atoms with van der Waals surface area (Å²) in [5.74, 6) is 2.26. The predicted molar refractivity (Wildman–Crippen MR) is 103 cm³/mol. The van der Waals surface area contributed by atoms with E-state index in [0.717, 1.165) is 28.2 Å². The maximum atomic E-state index is 6.44. The fourth-order valence-electron chi connectivity index (χ4n) is 2.77. The molecule has 3 aromatic carbocycles. The molecule has 0 saturated heterocycles. The van der Waals surface area contributed by atoms with Crippen LogP contribution in [0.2, 0.25) is 0 Å². The van der Waals surface area contributed by atoms with Crippen molar-refractivity contribution in [2.75, 3.05) is 14.2 Å². The van der Waals surface area contributed by atoms with Gasteiger partial charge in [-0.1, -0.05) is 42.5 Å². The second kappa shape index (κ2) is 8.41. The molecule has 3 rings (SSSR count). The number of benzene rings is 3. The smallest absolute Gasteiger partial charge is 0.127 e. The first-order valence-corrected chi connectivity index (χ1v) is 8.45. The highest BCUT2D eigenvalue weighted by Crippen LogP contribution is 2.32. The largest absolute Gasteiger partial charge is 0.497 e. The zero-order chi connectivity index (χ0) is 18.4.